The Balaban J connectivity index is 3.63. The number of nitrogens with one attached hydrogen (secondary N) is 1. The van der Waals surface area contributed by atoms with Crippen LogP contribution < -0.4 is 0 Å². The van der Waals surface area contributed by atoms with Gasteiger partial charge in [-0.25, -0.2) is 0 Å². The molecule has 0 radical (unpaired) electrons. The highest BCUT2D eigenvalue weighted by atomic mass is 35.6. The molecule has 0 fully saturated rings. The van der Waals surface area contributed by atoms with Crippen LogP contribution in [0, 0.1) is 5.41 Å². The number of allylic oxidation sites excluding steroid dienone is 1. The van der Waals surface area contributed by atoms with Gasteiger partial charge in [0.05, 0.1) is 7.11 Å². The Morgan fingerprint density at radius 1 is 1.38 bits per heavy atom. The Kier molecular flexibility index (Phi) is 7.55. The first-order valence-electron chi connectivity index (χ1n) is 4.38. The molecule has 4 nitrogen and oxygen atoms in total. The molecule has 0 unspecified atom stereocenters. The second-order valence-electron chi connectivity index (χ2n) is 2.72. The summed E-state index contributed by atoms with van der Waals surface area (Å²) in [5, 5.41) is 7.19. The number of rotatable bonds is 5. The molecule has 7 heteroatoms. The van der Waals surface area contributed by atoms with Gasteiger partial charge < -0.3 is 9.47 Å². The molecule has 0 aliphatic heterocycles. The molecular weight excluding hydrogens is 276 g/mol. The number of esters is 1. The summed E-state index contributed by atoms with van der Waals surface area (Å²) in [7, 11) is 1.33. The van der Waals surface area contributed by atoms with Crippen molar-refractivity contribution in [3.05, 3.63) is 12.2 Å². The van der Waals surface area contributed by atoms with Crippen molar-refractivity contribution in [2.45, 2.75) is 16.6 Å². The maximum absolute atomic E-state index is 10.7. The highest BCUT2D eigenvalue weighted by Crippen LogP contribution is 2.27. The van der Waals surface area contributed by atoms with Gasteiger partial charge in [0.25, 0.3) is 3.79 Å². The topological polar surface area (TPSA) is 59.4 Å². The van der Waals surface area contributed by atoms with Crippen LogP contribution in [0.25, 0.3) is 0 Å². The summed E-state index contributed by atoms with van der Waals surface area (Å²) in [6, 6.07) is 0. The molecule has 0 saturated heterocycles. The average Bonchev–Trinajstić information content (AvgIpc) is 2.20. The van der Waals surface area contributed by atoms with Gasteiger partial charge in [-0.2, -0.15) is 0 Å². The van der Waals surface area contributed by atoms with Crippen LogP contribution in [0.4, 0.5) is 0 Å². The normalized spacial score (nSPS) is 11.5. The SMILES string of the molecule is COC(=O)CC/C=C/COC(=N)C(Cl)(Cl)Cl. The molecule has 0 atom stereocenters. The minimum Gasteiger partial charge on any atom is -0.474 e. The van der Waals surface area contributed by atoms with E-state index in [0.29, 0.717) is 12.8 Å². The third-order valence-corrected chi connectivity index (χ3v) is 2.01. The van der Waals surface area contributed by atoms with Gasteiger partial charge >= 0.3 is 5.97 Å². The number of halogens is 3. The van der Waals surface area contributed by atoms with Gasteiger partial charge in [-0.1, -0.05) is 47.0 Å². The van der Waals surface area contributed by atoms with Crippen LogP contribution in [0.15, 0.2) is 12.2 Å². The molecule has 0 amide bonds. The van der Waals surface area contributed by atoms with Crippen molar-refractivity contribution in [1.82, 2.24) is 0 Å². The third-order valence-electron chi connectivity index (χ3n) is 1.49. The van der Waals surface area contributed by atoms with Crippen molar-refractivity contribution in [2.75, 3.05) is 13.7 Å². The molecule has 0 bridgehead atoms. The minimum atomic E-state index is -1.83. The quantitative estimate of drug-likeness (QED) is 0.278. The Bertz CT molecular complexity index is 274. The van der Waals surface area contributed by atoms with Crippen molar-refractivity contribution in [1.29, 1.82) is 5.41 Å². The summed E-state index contributed by atoms with van der Waals surface area (Å²) < 4.78 is 7.44. The second kappa shape index (κ2) is 7.76. The molecular formula is C9H12Cl3NO3. The molecule has 0 heterocycles. The number of hydrogen-bond acceptors (Lipinski definition) is 4. The summed E-state index contributed by atoms with van der Waals surface area (Å²) in [6.45, 7) is 0.119. The van der Waals surface area contributed by atoms with Gasteiger partial charge in [0.1, 0.15) is 6.61 Å². The van der Waals surface area contributed by atoms with Gasteiger partial charge in [0.15, 0.2) is 0 Å². The molecule has 1 N–H and O–H groups in total. The van der Waals surface area contributed by atoms with Crippen molar-refractivity contribution in [3.63, 3.8) is 0 Å². The molecule has 16 heavy (non-hydrogen) atoms. The van der Waals surface area contributed by atoms with Crippen LogP contribution in [0.1, 0.15) is 12.8 Å². The van der Waals surface area contributed by atoms with E-state index in [9.17, 15) is 4.79 Å². The van der Waals surface area contributed by atoms with Gasteiger partial charge in [0.2, 0.25) is 5.90 Å². The Hall–Kier alpha value is -0.450. The molecule has 92 valence electrons. The standard InChI is InChI=1S/C9H12Cl3NO3/c1-15-7(14)5-3-2-4-6-16-8(13)9(10,11)12/h2,4,13H,3,5-6H2,1H3/b4-2+,13-8?. The first kappa shape index (κ1) is 15.6. The van der Waals surface area contributed by atoms with Crippen molar-refractivity contribution >= 4 is 46.7 Å². The lowest BCUT2D eigenvalue weighted by Gasteiger charge is -2.11. The fourth-order valence-electron chi connectivity index (χ4n) is 0.702. The molecule has 0 aromatic carbocycles. The Morgan fingerprint density at radius 2 is 2.00 bits per heavy atom. The minimum absolute atomic E-state index is 0.119. The lowest BCUT2D eigenvalue weighted by atomic mass is 10.3. The number of ether oxygens (including phenoxy) is 2. The molecule has 0 aliphatic carbocycles. The predicted molar refractivity (Wildman–Crippen MR) is 64.4 cm³/mol. The number of hydrogen-bond donors (Lipinski definition) is 1. The summed E-state index contributed by atoms with van der Waals surface area (Å²) in [6.07, 6.45) is 4.20. The Morgan fingerprint density at radius 3 is 2.50 bits per heavy atom. The zero-order valence-electron chi connectivity index (χ0n) is 8.63. The van der Waals surface area contributed by atoms with E-state index < -0.39 is 9.69 Å². The zero-order valence-corrected chi connectivity index (χ0v) is 10.9. The first-order chi connectivity index (χ1) is 7.38. The lowest BCUT2D eigenvalue weighted by molar-refractivity contribution is -0.140. The second-order valence-corrected chi connectivity index (χ2v) is 5.01. The fraction of sp³-hybridized carbons (Fsp3) is 0.556. The number of methoxy groups -OCH3 is 1. The smallest absolute Gasteiger partial charge is 0.305 e. The van der Waals surface area contributed by atoms with Gasteiger partial charge in [0, 0.05) is 6.42 Å². The van der Waals surface area contributed by atoms with Crippen LogP contribution >= 0.6 is 34.8 Å². The molecule has 0 spiro atoms. The largest absolute Gasteiger partial charge is 0.474 e. The number of carbonyl (C=O) groups excluding carboxylic acids is 1. The zero-order chi connectivity index (χ0) is 12.6. The summed E-state index contributed by atoms with van der Waals surface area (Å²) in [5.74, 6) is -0.713. The van der Waals surface area contributed by atoms with Crippen LogP contribution in [0.3, 0.4) is 0 Å². The Labute approximate surface area is 109 Å². The van der Waals surface area contributed by atoms with Crippen molar-refractivity contribution in [2.24, 2.45) is 0 Å². The van der Waals surface area contributed by atoms with E-state index in [1.54, 1.807) is 12.2 Å². The van der Waals surface area contributed by atoms with Crippen LogP contribution in [-0.4, -0.2) is 29.4 Å². The van der Waals surface area contributed by atoms with E-state index in [1.807, 2.05) is 0 Å². The monoisotopic (exact) mass is 287 g/mol. The summed E-state index contributed by atoms with van der Waals surface area (Å²) in [4.78, 5) is 10.7. The van der Waals surface area contributed by atoms with E-state index >= 15 is 0 Å². The highest BCUT2D eigenvalue weighted by Gasteiger charge is 2.28. The van der Waals surface area contributed by atoms with Gasteiger partial charge in [-0.3, -0.25) is 10.2 Å². The predicted octanol–water partition coefficient (Wildman–Crippen LogP) is 2.86. The maximum Gasteiger partial charge on any atom is 0.305 e. The van der Waals surface area contributed by atoms with Crippen LogP contribution in [-0.2, 0) is 14.3 Å². The van der Waals surface area contributed by atoms with Crippen molar-refractivity contribution < 1.29 is 14.3 Å². The van der Waals surface area contributed by atoms with E-state index in [-0.39, 0.29) is 12.6 Å². The lowest BCUT2D eigenvalue weighted by Crippen LogP contribution is -2.21. The van der Waals surface area contributed by atoms with Crippen LogP contribution in [0.5, 0.6) is 0 Å². The summed E-state index contributed by atoms with van der Waals surface area (Å²) in [5.41, 5.74) is 0. The maximum atomic E-state index is 10.7. The molecule has 0 aliphatic rings. The van der Waals surface area contributed by atoms with E-state index in [4.69, 9.17) is 44.9 Å². The van der Waals surface area contributed by atoms with Gasteiger partial charge in [-0.15, -0.1) is 0 Å². The van der Waals surface area contributed by atoms with E-state index in [2.05, 4.69) is 4.74 Å². The van der Waals surface area contributed by atoms with Gasteiger partial charge in [-0.05, 0) is 6.42 Å². The fourth-order valence-corrected chi connectivity index (χ4v) is 0.866. The third kappa shape index (κ3) is 7.79. The average molecular weight is 289 g/mol. The van der Waals surface area contributed by atoms with Crippen LogP contribution in [0.2, 0.25) is 0 Å². The number of alkyl halides is 3. The summed E-state index contributed by atoms with van der Waals surface area (Å²) >= 11 is 16.1. The number of carbonyl (C=O) groups is 1. The van der Waals surface area contributed by atoms with Crippen molar-refractivity contribution in [3.8, 4) is 0 Å². The highest BCUT2D eigenvalue weighted by molar-refractivity contribution is 6.76. The molecule has 0 aromatic heterocycles. The van der Waals surface area contributed by atoms with E-state index in [0.717, 1.165) is 0 Å². The van der Waals surface area contributed by atoms with E-state index in [1.165, 1.54) is 7.11 Å². The first-order valence-corrected chi connectivity index (χ1v) is 5.51. The molecule has 0 rings (SSSR count). The molecule has 0 aromatic rings. The molecule has 0 saturated carbocycles.